The molecule has 0 aliphatic rings. The van der Waals surface area contributed by atoms with Crippen LogP contribution in [0.25, 0.3) is 0 Å². The number of benzene rings is 1. The summed E-state index contributed by atoms with van der Waals surface area (Å²) >= 11 is 0. The van der Waals surface area contributed by atoms with E-state index in [1.165, 1.54) is 0 Å². The van der Waals surface area contributed by atoms with Gasteiger partial charge in [-0.05, 0) is 5.56 Å². The fourth-order valence-electron chi connectivity index (χ4n) is 2.64. The van der Waals surface area contributed by atoms with Crippen LogP contribution < -0.4 is 0 Å². The summed E-state index contributed by atoms with van der Waals surface area (Å²) in [5.41, 5.74) is -0.566. The first-order chi connectivity index (χ1) is 17.4. The zero-order valence-electron chi connectivity index (χ0n) is 18.3. The van der Waals surface area contributed by atoms with E-state index in [4.69, 9.17) is 5.11 Å². The maximum atomic E-state index is 14.4. The van der Waals surface area contributed by atoms with Gasteiger partial charge >= 0.3 is 52.9 Å². The average molecular weight is 647 g/mol. The van der Waals surface area contributed by atoms with Crippen molar-refractivity contribution in [1.29, 1.82) is 0 Å². The first-order valence-corrected chi connectivity index (χ1v) is 10.8. The Kier molecular flexibility index (Phi) is 8.90. The molecule has 0 atom stereocenters. The van der Waals surface area contributed by atoms with Crippen LogP contribution in [-0.2, 0) is 21.4 Å². The molecule has 232 valence electrons. The number of hydrogen-bond donors (Lipinski definition) is 1. The van der Waals surface area contributed by atoms with Crippen molar-refractivity contribution in [3.05, 3.63) is 35.9 Å². The molecule has 5 nitrogen and oxygen atoms in total. The molecule has 0 heterocycles. The van der Waals surface area contributed by atoms with Crippen LogP contribution in [0.5, 0.6) is 0 Å². The van der Waals surface area contributed by atoms with Gasteiger partial charge in [-0.2, -0.15) is 78.9 Å². The molecule has 1 aromatic rings. The lowest BCUT2D eigenvalue weighted by atomic mass is 9.91. The molecule has 23 heteroatoms. The standard InChI is InChI=1S/C17H10F17NO4S/c18-10(19,12(22,23)14(26,27)16(30,31)32)11(20,21)13(24,25)15(28,29)17(33,34)40(38,39)35(7-9(36)37)6-8-4-2-1-3-5-8/h1-5H,6-7H2,(H,36,37). The highest BCUT2D eigenvalue weighted by atomic mass is 32.2. The number of carboxylic acids is 1. The maximum absolute atomic E-state index is 14.4. The van der Waals surface area contributed by atoms with Crippen LogP contribution in [0.15, 0.2) is 30.3 Å². The lowest BCUT2D eigenvalue weighted by Gasteiger charge is -2.43. The quantitative estimate of drug-likeness (QED) is 0.288. The molecular formula is C17H10F17NO4S. The monoisotopic (exact) mass is 647 g/mol. The largest absolute Gasteiger partial charge is 0.480 e. The predicted octanol–water partition coefficient (Wildman–Crippen LogP) is 5.87. The van der Waals surface area contributed by atoms with E-state index in [1.54, 1.807) is 0 Å². The van der Waals surface area contributed by atoms with Crippen LogP contribution in [-0.4, -0.2) is 77.3 Å². The second kappa shape index (κ2) is 10.0. The number of rotatable bonds is 12. The van der Waals surface area contributed by atoms with Gasteiger partial charge in [0.05, 0.1) is 0 Å². The summed E-state index contributed by atoms with van der Waals surface area (Å²) in [5, 5.41) is 0.831. The molecule has 1 rings (SSSR count). The third kappa shape index (κ3) is 5.02. The number of halogens is 17. The van der Waals surface area contributed by atoms with Crippen molar-refractivity contribution < 1.29 is 93.0 Å². The summed E-state index contributed by atoms with van der Waals surface area (Å²) in [6.45, 7) is -4.05. The molecule has 0 saturated heterocycles. The van der Waals surface area contributed by atoms with E-state index < -0.39 is 85.9 Å². The van der Waals surface area contributed by atoms with Crippen LogP contribution >= 0.6 is 0 Å². The highest BCUT2D eigenvalue weighted by molar-refractivity contribution is 7.90. The number of carbonyl (C=O) groups is 1. The number of aliphatic carboxylic acids is 1. The number of nitrogens with zero attached hydrogens (tertiary/aromatic N) is 1. The van der Waals surface area contributed by atoms with Gasteiger partial charge in [0.1, 0.15) is 6.54 Å². The summed E-state index contributed by atoms with van der Waals surface area (Å²) in [4.78, 5) is 10.8. The Balaban J connectivity index is 3.80. The van der Waals surface area contributed by atoms with Gasteiger partial charge in [0, 0.05) is 6.54 Å². The Morgan fingerprint density at radius 1 is 0.625 bits per heavy atom. The second-order valence-corrected chi connectivity index (χ2v) is 9.59. The summed E-state index contributed by atoms with van der Waals surface area (Å²) in [7, 11) is -7.73. The van der Waals surface area contributed by atoms with Crippen molar-refractivity contribution in [1.82, 2.24) is 4.31 Å². The number of hydrogen-bond acceptors (Lipinski definition) is 3. The van der Waals surface area contributed by atoms with Crippen LogP contribution in [0.2, 0.25) is 0 Å². The zero-order chi connectivity index (χ0) is 32.2. The van der Waals surface area contributed by atoms with Crippen LogP contribution in [0, 0.1) is 0 Å². The zero-order valence-corrected chi connectivity index (χ0v) is 19.1. The third-order valence-electron chi connectivity index (χ3n) is 4.87. The molecular weight excluding hydrogens is 637 g/mol. The Morgan fingerprint density at radius 2 is 0.975 bits per heavy atom. The second-order valence-electron chi connectivity index (χ2n) is 7.61. The molecule has 0 aromatic heterocycles. The van der Waals surface area contributed by atoms with Gasteiger partial charge in [0.15, 0.2) is 0 Å². The SMILES string of the molecule is O=C(O)CN(Cc1ccccc1)S(=O)(=O)C(F)(F)C(F)(F)C(F)(F)C(F)(F)C(F)(F)C(F)(F)C(F)(F)C(F)(F)F. The molecule has 0 amide bonds. The van der Waals surface area contributed by atoms with Gasteiger partial charge in [0.2, 0.25) is 0 Å². The smallest absolute Gasteiger partial charge is 0.460 e. The molecule has 1 aromatic carbocycles. The molecule has 0 aliphatic carbocycles. The fourth-order valence-corrected chi connectivity index (χ4v) is 4.01. The summed E-state index contributed by atoms with van der Waals surface area (Å²) in [5.74, 6) is -54.9. The maximum Gasteiger partial charge on any atom is 0.460 e. The minimum absolute atomic E-state index is 0.566. The summed E-state index contributed by atoms with van der Waals surface area (Å²) in [6.07, 6.45) is -7.93. The van der Waals surface area contributed by atoms with E-state index in [1.807, 2.05) is 0 Å². The molecule has 1 N–H and O–H groups in total. The molecule has 40 heavy (non-hydrogen) atoms. The highest BCUT2D eigenvalue weighted by Gasteiger charge is 2.96. The number of sulfonamides is 1. The molecule has 0 aliphatic heterocycles. The molecule has 0 bridgehead atoms. The first kappa shape index (κ1) is 35.4. The van der Waals surface area contributed by atoms with Crippen LogP contribution in [0.3, 0.4) is 0 Å². The Hall–Kier alpha value is -2.59. The van der Waals surface area contributed by atoms with E-state index in [2.05, 4.69) is 0 Å². The topological polar surface area (TPSA) is 74.7 Å². The van der Waals surface area contributed by atoms with Crippen molar-refractivity contribution in [2.24, 2.45) is 0 Å². The van der Waals surface area contributed by atoms with Crippen molar-refractivity contribution in [3.63, 3.8) is 0 Å². The number of alkyl halides is 17. The summed E-state index contributed by atoms with van der Waals surface area (Å²) < 4.78 is 251. The Labute approximate surface area is 210 Å². The molecule has 0 fully saturated rings. The molecule has 0 spiro atoms. The Bertz CT molecular complexity index is 1180. The van der Waals surface area contributed by atoms with Crippen molar-refractivity contribution in [2.45, 2.75) is 53.5 Å². The van der Waals surface area contributed by atoms with Gasteiger partial charge in [-0.3, -0.25) is 4.79 Å². The number of carboxylic acid groups (broad SMARTS) is 1. The van der Waals surface area contributed by atoms with E-state index in [9.17, 15) is 87.8 Å². The average Bonchev–Trinajstić information content (AvgIpc) is 2.77. The lowest BCUT2D eigenvalue weighted by molar-refractivity contribution is -0.458. The predicted molar refractivity (Wildman–Crippen MR) is 94.1 cm³/mol. The minimum Gasteiger partial charge on any atom is -0.480 e. The van der Waals surface area contributed by atoms with Crippen LogP contribution in [0.1, 0.15) is 5.56 Å². The van der Waals surface area contributed by atoms with E-state index in [0.717, 1.165) is 30.3 Å². The van der Waals surface area contributed by atoms with E-state index in [0.29, 0.717) is 0 Å². The molecule has 0 unspecified atom stereocenters. The van der Waals surface area contributed by atoms with Gasteiger partial charge < -0.3 is 5.11 Å². The minimum atomic E-state index is -8.97. The first-order valence-electron chi connectivity index (χ1n) is 9.36. The van der Waals surface area contributed by atoms with Gasteiger partial charge in [-0.25, -0.2) is 8.42 Å². The van der Waals surface area contributed by atoms with Crippen molar-refractivity contribution >= 4 is 16.0 Å². The third-order valence-corrected chi connectivity index (χ3v) is 6.71. The van der Waals surface area contributed by atoms with Crippen LogP contribution in [0.4, 0.5) is 74.6 Å². The van der Waals surface area contributed by atoms with E-state index in [-0.39, 0.29) is 0 Å². The fraction of sp³-hybridized carbons (Fsp3) is 0.588. The highest BCUT2D eigenvalue weighted by Crippen LogP contribution is 2.64. The van der Waals surface area contributed by atoms with Crippen molar-refractivity contribution in [3.8, 4) is 0 Å². The van der Waals surface area contributed by atoms with Gasteiger partial charge in [-0.1, -0.05) is 30.3 Å². The van der Waals surface area contributed by atoms with Gasteiger partial charge in [-0.15, -0.1) is 0 Å². The normalized spacial score (nSPS) is 15.4. The molecule has 0 radical (unpaired) electrons. The lowest BCUT2D eigenvalue weighted by Crippen LogP contribution is -2.75. The van der Waals surface area contributed by atoms with Gasteiger partial charge in [0.25, 0.3) is 10.0 Å². The Morgan fingerprint density at radius 3 is 1.32 bits per heavy atom. The summed E-state index contributed by atoms with van der Waals surface area (Å²) in [6, 6.07) is 4.70. The van der Waals surface area contributed by atoms with E-state index >= 15 is 0 Å². The molecule has 0 saturated carbocycles. The van der Waals surface area contributed by atoms with Crippen molar-refractivity contribution in [2.75, 3.05) is 6.54 Å².